The van der Waals surface area contributed by atoms with Gasteiger partial charge in [0.25, 0.3) is 17.7 Å². The minimum absolute atomic E-state index is 0.0483. The Kier molecular flexibility index (Phi) is 11.3. The normalized spacial score (nSPS) is 18.1. The second-order valence-electron chi connectivity index (χ2n) is 10.9. The van der Waals surface area contributed by atoms with Crippen LogP contribution in [0.15, 0.2) is 47.2 Å². The topological polar surface area (TPSA) is 264 Å². The maximum Gasteiger partial charge on any atom is 0.418 e. The number of hydrogen-bond acceptors (Lipinski definition) is 14. The van der Waals surface area contributed by atoms with Crippen LogP contribution in [0.3, 0.4) is 0 Å². The molecule has 3 aromatic rings. The summed E-state index contributed by atoms with van der Waals surface area (Å²) in [5.41, 5.74) is 11.1. The van der Waals surface area contributed by atoms with Crippen LogP contribution in [0.2, 0.25) is 0 Å². The monoisotopic (exact) mass is 731 g/mol. The van der Waals surface area contributed by atoms with E-state index >= 15 is 0 Å². The van der Waals surface area contributed by atoms with Gasteiger partial charge in [0.1, 0.15) is 24.1 Å². The van der Waals surface area contributed by atoms with Gasteiger partial charge in [-0.3, -0.25) is 18.7 Å². The van der Waals surface area contributed by atoms with E-state index in [1.807, 2.05) is 28.8 Å². The highest BCUT2D eigenvalue weighted by Gasteiger charge is 2.58. The molecule has 1 fully saturated rings. The number of hydroxylamine groups is 2. The molecule has 19 nitrogen and oxygen atoms in total. The molecule has 0 aliphatic carbocycles. The molecular formula is C26H36N8O11PS2+. The Morgan fingerprint density at radius 1 is 1.29 bits per heavy atom. The Labute approximate surface area is 279 Å². The Hall–Kier alpha value is -3.95. The molecule has 1 aliphatic heterocycles. The van der Waals surface area contributed by atoms with E-state index in [2.05, 4.69) is 19.7 Å². The summed E-state index contributed by atoms with van der Waals surface area (Å²) in [6, 6.07) is 5.59. The van der Waals surface area contributed by atoms with Crippen molar-refractivity contribution in [3.63, 3.8) is 0 Å². The average Bonchev–Trinajstić information content (AvgIpc) is 3.63. The highest BCUT2D eigenvalue weighted by molar-refractivity contribution is 7.80. The molecule has 262 valence electrons. The van der Waals surface area contributed by atoms with E-state index in [4.69, 9.17) is 30.1 Å². The van der Waals surface area contributed by atoms with Crippen molar-refractivity contribution in [1.82, 2.24) is 20.0 Å². The van der Waals surface area contributed by atoms with Gasteiger partial charge in [-0.15, -0.1) is 20.3 Å². The number of amides is 2. The fourth-order valence-corrected chi connectivity index (χ4v) is 6.20. The number of rotatable bonds is 16. The molecule has 0 spiro atoms. The van der Waals surface area contributed by atoms with Crippen LogP contribution in [-0.4, -0.2) is 87.8 Å². The highest BCUT2D eigenvalue weighted by atomic mass is 32.3. The number of nitrogens with one attached hydrogen (secondary N) is 1. The van der Waals surface area contributed by atoms with Crippen molar-refractivity contribution in [3.05, 3.63) is 47.7 Å². The molecule has 48 heavy (non-hydrogen) atoms. The van der Waals surface area contributed by atoms with Gasteiger partial charge in [0.2, 0.25) is 6.20 Å². The zero-order chi connectivity index (χ0) is 35.4. The van der Waals surface area contributed by atoms with Crippen LogP contribution < -0.4 is 26.2 Å². The van der Waals surface area contributed by atoms with E-state index in [1.54, 1.807) is 24.3 Å². The summed E-state index contributed by atoms with van der Waals surface area (Å²) < 4.78 is 62.8. The number of hydrogen-bond donors (Lipinski definition) is 5. The van der Waals surface area contributed by atoms with Gasteiger partial charge in [0.05, 0.1) is 23.8 Å². The first kappa shape index (κ1) is 36.9. The molecule has 2 amide bonds. The summed E-state index contributed by atoms with van der Waals surface area (Å²) in [4.78, 5) is 45.7. The van der Waals surface area contributed by atoms with Crippen molar-refractivity contribution in [2.75, 3.05) is 26.0 Å². The fourth-order valence-electron chi connectivity index (χ4n) is 4.53. The minimum atomic E-state index is -5.03. The van der Waals surface area contributed by atoms with Gasteiger partial charge < -0.3 is 35.8 Å². The van der Waals surface area contributed by atoms with Crippen LogP contribution in [0, 0.1) is 0 Å². The quantitative estimate of drug-likeness (QED) is 0.0328. The van der Waals surface area contributed by atoms with Crippen molar-refractivity contribution >= 4 is 52.0 Å². The maximum absolute atomic E-state index is 13.3. The van der Waals surface area contributed by atoms with Gasteiger partial charge in [-0.25, -0.2) is 4.98 Å². The molecule has 0 saturated carbocycles. The van der Waals surface area contributed by atoms with Crippen LogP contribution in [0.25, 0.3) is 11.1 Å². The first-order valence-corrected chi connectivity index (χ1v) is 18.0. The molecule has 0 bridgehead atoms. The predicted molar refractivity (Wildman–Crippen MR) is 170 cm³/mol. The molecule has 1 aliphatic rings. The summed E-state index contributed by atoms with van der Waals surface area (Å²) >= 11 is 0.952. The van der Waals surface area contributed by atoms with Gasteiger partial charge in [0, 0.05) is 12.5 Å². The summed E-state index contributed by atoms with van der Waals surface area (Å²) in [6.45, 7) is 3.51. The number of carbonyl (C=O) groups is 2. The van der Waals surface area contributed by atoms with Crippen LogP contribution >= 0.6 is 18.9 Å². The summed E-state index contributed by atoms with van der Waals surface area (Å²) in [7, 11) is -6.67. The van der Waals surface area contributed by atoms with Gasteiger partial charge in [-0.1, -0.05) is 17.3 Å². The number of aryl methyl sites for hydroxylation is 2. The third-order valence-electron chi connectivity index (χ3n) is 7.18. The molecule has 22 heteroatoms. The van der Waals surface area contributed by atoms with Crippen LogP contribution in [0.1, 0.15) is 26.0 Å². The Morgan fingerprint density at radius 3 is 2.54 bits per heavy atom. The number of ether oxygens (including phenoxy) is 1. The zero-order valence-corrected chi connectivity index (χ0v) is 28.8. The number of benzene rings is 1. The standard InChI is InChI=1S/C26H35N8O11PS2/c1-26(2)22(24(36)34(26)45-48(39,40)41)30-23(35)21(19-15-47-25(28)29-19)31-44-20(46(37,38)42-4)14-43-18-8-6-16(7-9-18)17-12-32(3)33(13-17)11-5-10-27/h6-9,12-13,15,20,22H,5,10-11,14,27H2,1-4H3,(H4-,28,29,30,35,37,38,39,40,41)/p+1/b31-21-/t20-,22?/m1/s1. The largest absolute Gasteiger partial charge is 0.489 e. The molecule has 1 saturated heterocycles. The average molecular weight is 732 g/mol. The summed E-state index contributed by atoms with van der Waals surface area (Å²) in [5, 5.41) is 7.93. The fraction of sp³-hybridized carbons (Fsp3) is 0.423. The van der Waals surface area contributed by atoms with E-state index < -0.39 is 59.6 Å². The number of carbonyl (C=O) groups excluding carboxylic acids is 2. The molecule has 1 aromatic carbocycles. The lowest BCUT2D eigenvalue weighted by Crippen LogP contribution is -2.76. The third-order valence-corrected chi connectivity index (χ3v) is 9.69. The second kappa shape index (κ2) is 14.7. The number of aromatic nitrogens is 3. The molecule has 4 rings (SSSR count). The van der Waals surface area contributed by atoms with Crippen LogP contribution in [-0.2, 0) is 51.8 Å². The van der Waals surface area contributed by atoms with Crippen molar-refractivity contribution in [1.29, 1.82) is 0 Å². The minimum Gasteiger partial charge on any atom is -0.489 e. The molecule has 3 heterocycles. The SMILES string of the molecule is COP(=O)(O)[C@H](COc1ccc(-c2cn(CCCN)[n+](C)c2)cc1)O/N=C(\C(=O)NC1C(=O)N(OS(=O)(=O)O)C1(C)C)c1csc(N)n1. The summed E-state index contributed by atoms with van der Waals surface area (Å²) in [5.74, 6) is -3.45. The first-order chi connectivity index (χ1) is 22.5. The third kappa shape index (κ3) is 8.55. The lowest BCUT2D eigenvalue weighted by atomic mass is 9.84. The Balaban J connectivity index is 1.50. The van der Waals surface area contributed by atoms with Crippen molar-refractivity contribution in [3.8, 4) is 16.9 Å². The number of thiazole rings is 1. The molecule has 7 N–H and O–H groups in total. The smallest absolute Gasteiger partial charge is 0.418 e. The molecule has 0 radical (unpaired) electrons. The Bertz CT molecular complexity index is 1830. The second-order valence-corrected chi connectivity index (χ2v) is 14.9. The zero-order valence-electron chi connectivity index (χ0n) is 26.2. The number of oxime groups is 1. The number of β-lactam (4-membered cyclic amide) rings is 1. The molecule has 3 atom stereocenters. The van der Waals surface area contributed by atoms with Gasteiger partial charge in [0.15, 0.2) is 17.9 Å². The molecule has 2 aromatic heterocycles. The first-order valence-electron chi connectivity index (χ1n) is 14.1. The van der Waals surface area contributed by atoms with Gasteiger partial charge in [-0.05, 0) is 44.5 Å². The number of nitrogens with two attached hydrogens (primary N) is 2. The lowest BCUT2D eigenvalue weighted by Gasteiger charge is -2.50. The van der Waals surface area contributed by atoms with Gasteiger partial charge in [-0.2, -0.15) is 18.2 Å². The maximum atomic E-state index is 13.3. The molecule has 2 unspecified atom stereocenters. The Morgan fingerprint density at radius 2 is 1.98 bits per heavy atom. The van der Waals surface area contributed by atoms with Crippen molar-refractivity contribution < 1.29 is 55.1 Å². The summed E-state index contributed by atoms with van der Waals surface area (Å²) in [6.07, 6.45) is 4.78. The van der Waals surface area contributed by atoms with Crippen molar-refractivity contribution in [2.24, 2.45) is 17.9 Å². The van der Waals surface area contributed by atoms with E-state index in [0.717, 1.165) is 42.5 Å². The van der Waals surface area contributed by atoms with E-state index in [0.29, 0.717) is 17.4 Å². The number of anilines is 1. The lowest BCUT2D eigenvalue weighted by molar-refractivity contribution is -0.753. The molecular weight excluding hydrogens is 695 g/mol. The van der Waals surface area contributed by atoms with Crippen LogP contribution in [0.4, 0.5) is 5.13 Å². The van der Waals surface area contributed by atoms with E-state index in [-0.39, 0.29) is 10.8 Å². The van der Waals surface area contributed by atoms with E-state index in [1.165, 1.54) is 19.2 Å². The number of nitrogen functional groups attached to an aromatic ring is 1. The predicted octanol–water partition coefficient (Wildman–Crippen LogP) is 0.165. The van der Waals surface area contributed by atoms with Gasteiger partial charge >= 0.3 is 18.0 Å². The van der Waals surface area contributed by atoms with E-state index in [9.17, 15) is 27.5 Å². The van der Waals surface area contributed by atoms with Crippen molar-refractivity contribution in [2.45, 2.75) is 44.2 Å². The number of nitrogens with zero attached hydrogens (tertiary/aromatic N) is 5. The van der Waals surface area contributed by atoms with Crippen LogP contribution in [0.5, 0.6) is 5.75 Å². The highest BCUT2D eigenvalue weighted by Crippen LogP contribution is 2.47.